The Bertz CT molecular complexity index is 783. The minimum Gasteiger partial charge on any atom is -0.497 e. The molecule has 3 heteroatoms. The van der Waals surface area contributed by atoms with Gasteiger partial charge in [0.15, 0.2) is 0 Å². The van der Waals surface area contributed by atoms with Crippen LogP contribution in [0.15, 0.2) is 60.8 Å². The summed E-state index contributed by atoms with van der Waals surface area (Å²) in [5.74, 6) is 0.850. The number of methoxy groups -OCH3 is 1. The summed E-state index contributed by atoms with van der Waals surface area (Å²) in [5, 5.41) is 0. The normalized spacial score (nSPS) is 10.5. The second-order valence-electron chi connectivity index (χ2n) is 5.19. The van der Waals surface area contributed by atoms with Crippen LogP contribution in [-0.2, 0) is 7.05 Å². The standard InChI is InChI=1S/C19H17NO2/c1-20-12-17(15-5-3-14(13-21)4-6-15)11-19(20)16-7-9-18(22-2)10-8-16/h3-13H,1-2H3. The molecule has 0 saturated heterocycles. The monoisotopic (exact) mass is 291 g/mol. The first-order valence-electron chi connectivity index (χ1n) is 7.07. The predicted octanol–water partition coefficient (Wildman–Crippen LogP) is 4.18. The SMILES string of the molecule is COc1ccc(-c2cc(-c3ccc(C=O)cc3)cn2C)cc1. The van der Waals surface area contributed by atoms with Gasteiger partial charge in [0.1, 0.15) is 12.0 Å². The molecule has 2 aromatic carbocycles. The first-order chi connectivity index (χ1) is 10.7. The lowest BCUT2D eigenvalue weighted by molar-refractivity contribution is 0.112. The van der Waals surface area contributed by atoms with E-state index in [0.29, 0.717) is 5.56 Å². The number of aromatic nitrogens is 1. The number of carbonyl (C=O) groups is 1. The lowest BCUT2D eigenvalue weighted by Crippen LogP contribution is -1.89. The Morgan fingerprint density at radius 3 is 2.14 bits per heavy atom. The molecule has 22 heavy (non-hydrogen) atoms. The molecule has 0 unspecified atom stereocenters. The Kier molecular flexibility index (Phi) is 3.79. The van der Waals surface area contributed by atoms with Crippen molar-refractivity contribution in [2.75, 3.05) is 7.11 Å². The molecule has 0 saturated carbocycles. The molecule has 0 spiro atoms. The smallest absolute Gasteiger partial charge is 0.150 e. The zero-order chi connectivity index (χ0) is 15.5. The maximum Gasteiger partial charge on any atom is 0.150 e. The number of carbonyl (C=O) groups excluding carboxylic acids is 1. The summed E-state index contributed by atoms with van der Waals surface area (Å²) in [6, 6.07) is 17.8. The highest BCUT2D eigenvalue weighted by Gasteiger charge is 2.07. The molecule has 3 aromatic rings. The van der Waals surface area contributed by atoms with Gasteiger partial charge in [0.2, 0.25) is 0 Å². The van der Waals surface area contributed by atoms with Crippen LogP contribution >= 0.6 is 0 Å². The van der Waals surface area contributed by atoms with Crippen molar-refractivity contribution >= 4 is 6.29 Å². The molecule has 3 rings (SSSR count). The van der Waals surface area contributed by atoms with Crippen molar-refractivity contribution < 1.29 is 9.53 Å². The third-order valence-electron chi connectivity index (χ3n) is 3.77. The van der Waals surface area contributed by atoms with E-state index in [0.717, 1.165) is 34.4 Å². The Labute approximate surface area is 129 Å². The summed E-state index contributed by atoms with van der Waals surface area (Å²) in [6.07, 6.45) is 2.95. The molecular weight excluding hydrogens is 274 g/mol. The van der Waals surface area contributed by atoms with Gasteiger partial charge >= 0.3 is 0 Å². The van der Waals surface area contributed by atoms with E-state index in [1.807, 2.05) is 55.6 Å². The van der Waals surface area contributed by atoms with Crippen molar-refractivity contribution in [2.24, 2.45) is 7.05 Å². The van der Waals surface area contributed by atoms with Crippen LogP contribution in [0.2, 0.25) is 0 Å². The number of hydrogen-bond acceptors (Lipinski definition) is 2. The van der Waals surface area contributed by atoms with Gasteiger partial charge in [0.05, 0.1) is 7.11 Å². The molecule has 0 bridgehead atoms. The van der Waals surface area contributed by atoms with Crippen molar-refractivity contribution in [1.82, 2.24) is 4.57 Å². The molecule has 1 aromatic heterocycles. The lowest BCUT2D eigenvalue weighted by Gasteiger charge is -2.04. The first-order valence-corrected chi connectivity index (χ1v) is 7.07. The molecule has 0 aliphatic rings. The molecular formula is C19H17NO2. The average Bonchev–Trinajstić information content (AvgIpc) is 2.97. The summed E-state index contributed by atoms with van der Waals surface area (Å²) in [6.45, 7) is 0. The quantitative estimate of drug-likeness (QED) is 0.675. The number of rotatable bonds is 4. The van der Waals surface area contributed by atoms with Gasteiger partial charge in [-0.1, -0.05) is 24.3 Å². The number of hydrogen-bond donors (Lipinski definition) is 0. The van der Waals surface area contributed by atoms with Gasteiger partial charge in [-0.2, -0.15) is 0 Å². The topological polar surface area (TPSA) is 31.2 Å². The molecule has 1 heterocycles. The summed E-state index contributed by atoms with van der Waals surface area (Å²) >= 11 is 0. The Hall–Kier alpha value is -2.81. The molecule has 0 radical (unpaired) electrons. The molecule has 0 aliphatic heterocycles. The van der Waals surface area contributed by atoms with Crippen LogP contribution in [0, 0.1) is 0 Å². The molecule has 0 fully saturated rings. The first kappa shape index (κ1) is 14.1. The van der Waals surface area contributed by atoms with Crippen molar-refractivity contribution in [3.8, 4) is 28.1 Å². The number of aldehydes is 1. The number of aryl methyl sites for hydroxylation is 1. The summed E-state index contributed by atoms with van der Waals surface area (Å²) in [7, 11) is 3.70. The molecule has 0 atom stereocenters. The van der Waals surface area contributed by atoms with Crippen LogP contribution in [-0.4, -0.2) is 18.0 Å². The minimum atomic E-state index is 0.690. The number of ether oxygens (including phenoxy) is 1. The third kappa shape index (κ3) is 2.66. The largest absolute Gasteiger partial charge is 0.497 e. The molecule has 3 nitrogen and oxygen atoms in total. The van der Waals surface area contributed by atoms with Gasteiger partial charge in [0, 0.05) is 24.5 Å². The number of nitrogens with zero attached hydrogens (tertiary/aromatic N) is 1. The van der Waals surface area contributed by atoms with Gasteiger partial charge in [-0.25, -0.2) is 0 Å². The maximum atomic E-state index is 10.7. The molecule has 0 N–H and O–H groups in total. The van der Waals surface area contributed by atoms with Crippen molar-refractivity contribution in [3.63, 3.8) is 0 Å². The molecule has 0 aliphatic carbocycles. The fourth-order valence-corrected chi connectivity index (χ4v) is 2.53. The van der Waals surface area contributed by atoms with Gasteiger partial charge in [0.25, 0.3) is 0 Å². The highest BCUT2D eigenvalue weighted by molar-refractivity contribution is 5.78. The van der Waals surface area contributed by atoms with Crippen LogP contribution in [0.1, 0.15) is 10.4 Å². The van der Waals surface area contributed by atoms with Gasteiger partial charge in [-0.15, -0.1) is 0 Å². The van der Waals surface area contributed by atoms with E-state index < -0.39 is 0 Å². The van der Waals surface area contributed by atoms with E-state index in [-0.39, 0.29) is 0 Å². The van der Waals surface area contributed by atoms with Crippen LogP contribution in [0.4, 0.5) is 0 Å². The molecule has 0 amide bonds. The van der Waals surface area contributed by atoms with E-state index in [1.54, 1.807) is 7.11 Å². The third-order valence-corrected chi connectivity index (χ3v) is 3.77. The van der Waals surface area contributed by atoms with Crippen molar-refractivity contribution in [2.45, 2.75) is 0 Å². The summed E-state index contributed by atoms with van der Waals surface area (Å²) in [4.78, 5) is 10.7. The summed E-state index contributed by atoms with van der Waals surface area (Å²) in [5.41, 5.74) is 5.19. The highest BCUT2D eigenvalue weighted by atomic mass is 16.5. The Morgan fingerprint density at radius 2 is 1.55 bits per heavy atom. The van der Waals surface area contributed by atoms with E-state index in [9.17, 15) is 4.79 Å². The zero-order valence-corrected chi connectivity index (χ0v) is 12.6. The fourth-order valence-electron chi connectivity index (χ4n) is 2.53. The van der Waals surface area contributed by atoms with Gasteiger partial charge in [-0.3, -0.25) is 4.79 Å². The van der Waals surface area contributed by atoms with E-state index in [4.69, 9.17) is 4.74 Å². The summed E-state index contributed by atoms with van der Waals surface area (Å²) < 4.78 is 7.30. The fraction of sp³-hybridized carbons (Fsp3) is 0.105. The average molecular weight is 291 g/mol. The van der Waals surface area contributed by atoms with E-state index in [2.05, 4.69) is 16.8 Å². The van der Waals surface area contributed by atoms with Crippen LogP contribution < -0.4 is 4.74 Å². The van der Waals surface area contributed by atoms with Gasteiger partial charge in [-0.05, 0) is 47.0 Å². The molecule has 110 valence electrons. The van der Waals surface area contributed by atoms with Crippen LogP contribution in [0.3, 0.4) is 0 Å². The second-order valence-corrected chi connectivity index (χ2v) is 5.19. The Balaban J connectivity index is 1.96. The Morgan fingerprint density at radius 1 is 0.909 bits per heavy atom. The highest BCUT2D eigenvalue weighted by Crippen LogP contribution is 2.29. The minimum absolute atomic E-state index is 0.690. The number of benzene rings is 2. The zero-order valence-electron chi connectivity index (χ0n) is 12.6. The second kappa shape index (κ2) is 5.90. The predicted molar refractivity (Wildman–Crippen MR) is 88.2 cm³/mol. The van der Waals surface area contributed by atoms with Crippen molar-refractivity contribution in [3.05, 3.63) is 66.4 Å². The van der Waals surface area contributed by atoms with Crippen LogP contribution in [0.25, 0.3) is 22.4 Å². The van der Waals surface area contributed by atoms with Crippen LogP contribution in [0.5, 0.6) is 5.75 Å². The van der Waals surface area contributed by atoms with E-state index >= 15 is 0 Å². The maximum absolute atomic E-state index is 10.7. The van der Waals surface area contributed by atoms with Gasteiger partial charge < -0.3 is 9.30 Å². The lowest BCUT2D eigenvalue weighted by atomic mass is 10.1. The van der Waals surface area contributed by atoms with Crippen molar-refractivity contribution in [1.29, 1.82) is 0 Å². The van der Waals surface area contributed by atoms with E-state index in [1.165, 1.54) is 0 Å².